The Morgan fingerprint density at radius 2 is 2.03 bits per heavy atom. The molecule has 12 heteroatoms. The number of hydrogen-bond acceptors (Lipinski definition) is 9. The minimum atomic E-state index is -3.33. The van der Waals surface area contributed by atoms with Crippen molar-refractivity contribution in [2.24, 2.45) is 0 Å². The van der Waals surface area contributed by atoms with E-state index >= 15 is 0 Å². The zero-order chi connectivity index (χ0) is 25.4. The quantitative estimate of drug-likeness (QED) is 0.284. The first-order valence-electron chi connectivity index (χ1n) is 11.8. The number of hydrogen-bond donors (Lipinski definition) is 3. The zero-order valence-electron chi connectivity index (χ0n) is 20.0. The molecule has 1 unspecified atom stereocenters. The minimum Gasteiger partial charge on any atom is -0.380 e. The average molecular weight is 536 g/mol. The number of thiophene rings is 1. The Labute approximate surface area is 217 Å². The van der Waals surface area contributed by atoms with Gasteiger partial charge in [0.1, 0.15) is 6.10 Å². The molecule has 5 aromatic rings. The summed E-state index contributed by atoms with van der Waals surface area (Å²) in [5, 5.41) is 11.6. The van der Waals surface area contributed by atoms with Crippen molar-refractivity contribution in [3.05, 3.63) is 71.4 Å². The molecule has 1 atom stereocenters. The summed E-state index contributed by atoms with van der Waals surface area (Å²) in [6.07, 6.45) is 4.76. The second-order valence-electron chi connectivity index (χ2n) is 8.92. The number of ether oxygens (including phenoxy) is 1. The summed E-state index contributed by atoms with van der Waals surface area (Å²) in [5.74, 6) is 0.692. The number of aromatic amines is 1. The summed E-state index contributed by atoms with van der Waals surface area (Å²) in [7, 11) is -3.33. The second kappa shape index (κ2) is 9.61. The standard InChI is InChI=1S/C25H25N7O3S2/c1-37(33,34)31-17-5-2-4-16(10-17)26-12-18-11-22-24(36-18)14-27-25(29-22)32-8-9-35-23(15-32)19-6-3-7-21-20(19)13-28-30-21/h2-7,10-11,13-14,23,26,31H,8-9,12,15H2,1H3,(H,28,30). The van der Waals surface area contributed by atoms with E-state index in [1.807, 2.05) is 30.6 Å². The van der Waals surface area contributed by atoms with Gasteiger partial charge in [-0.1, -0.05) is 18.2 Å². The molecule has 3 N–H and O–H groups in total. The van der Waals surface area contributed by atoms with E-state index in [2.05, 4.69) is 42.3 Å². The van der Waals surface area contributed by atoms with Gasteiger partial charge in [-0.3, -0.25) is 9.82 Å². The van der Waals surface area contributed by atoms with Crippen molar-refractivity contribution in [2.45, 2.75) is 12.6 Å². The maximum absolute atomic E-state index is 11.5. The van der Waals surface area contributed by atoms with E-state index in [-0.39, 0.29) is 6.10 Å². The van der Waals surface area contributed by atoms with E-state index in [9.17, 15) is 8.42 Å². The third-order valence-electron chi connectivity index (χ3n) is 6.16. The van der Waals surface area contributed by atoms with E-state index < -0.39 is 10.0 Å². The van der Waals surface area contributed by atoms with Crippen molar-refractivity contribution in [2.75, 3.05) is 40.9 Å². The molecule has 0 bridgehead atoms. The molecular formula is C25H25N7O3S2. The van der Waals surface area contributed by atoms with Crippen LogP contribution in [0, 0.1) is 0 Å². The van der Waals surface area contributed by atoms with Gasteiger partial charge in [0.25, 0.3) is 0 Å². The number of morpholine rings is 1. The first kappa shape index (κ1) is 23.6. The van der Waals surface area contributed by atoms with Gasteiger partial charge in [-0.15, -0.1) is 11.3 Å². The summed E-state index contributed by atoms with van der Waals surface area (Å²) in [6.45, 7) is 2.56. The lowest BCUT2D eigenvalue weighted by Gasteiger charge is -2.33. The SMILES string of the molecule is CS(=O)(=O)Nc1cccc(NCc2cc3nc(N4CCOC(c5cccc6[nH]ncc56)C4)ncc3s2)c1. The lowest BCUT2D eigenvalue weighted by Crippen LogP contribution is -2.39. The number of nitrogens with one attached hydrogen (secondary N) is 3. The number of benzene rings is 2. The van der Waals surface area contributed by atoms with Crippen molar-refractivity contribution in [1.29, 1.82) is 0 Å². The van der Waals surface area contributed by atoms with Gasteiger partial charge in [0.15, 0.2) is 0 Å². The largest absolute Gasteiger partial charge is 0.380 e. The predicted octanol–water partition coefficient (Wildman–Crippen LogP) is 4.13. The molecule has 6 rings (SSSR count). The van der Waals surface area contributed by atoms with Crippen molar-refractivity contribution in [3.8, 4) is 0 Å². The molecule has 37 heavy (non-hydrogen) atoms. The number of anilines is 3. The predicted molar refractivity (Wildman–Crippen MR) is 147 cm³/mol. The van der Waals surface area contributed by atoms with E-state index in [0.29, 0.717) is 31.3 Å². The highest BCUT2D eigenvalue weighted by atomic mass is 32.2. The Hall–Kier alpha value is -3.74. The first-order valence-corrected chi connectivity index (χ1v) is 14.5. The van der Waals surface area contributed by atoms with Gasteiger partial charge in [0.05, 0.1) is 53.2 Å². The molecule has 2 aromatic carbocycles. The lowest BCUT2D eigenvalue weighted by molar-refractivity contribution is 0.0402. The van der Waals surface area contributed by atoms with Crippen molar-refractivity contribution in [1.82, 2.24) is 20.2 Å². The maximum Gasteiger partial charge on any atom is 0.229 e. The molecule has 10 nitrogen and oxygen atoms in total. The molecular weight excluding hydrogens is 510 g/mol. The molecule has 3 aromatic heterocycles. The van der Waals surface area contributed by atoms with Crippen LogP contribution in [0.2, 0.25) is 0 Å². The van der Waals surface area contributed by atoms with Crippen LogP contribution in [0.25, 0.3) is 21.1 Å². The number of H-pyrrole nitrogens is 1. The minimum absolute atomic E-state index is 0.0930. The Morgan fingerprint density at radius 3 is 2.92 bits per heavy atom. The smallest absolute Gasteiger partial charge is 0.229 e. The second-order valence-corrected chi connectivity index (χ2v) is 11.8. The Bertz CT molecular complexity index is 1680. The number of sulfonamides is 1. The molecule has 0 aliphatic carbocycles. The molecule has 1 aliphatic heterocycles. The zero-order valence-corrected chi connectivity index (χ0v) is 21.6. The van der Waals surface area contributed by atoms with E-state index in [4.69, 9.17) is 9.72 Å². The fourth-order valence-electron chi connectivity index (χ4n) is 4.51. The Kier molecular flexibility index (Phi) is 6.14. The van der Waals surface area contributed by atoms with Crippen molar-refractivity contribution < 1.29 is 13.2 Å². The summed E-state index contributed by atoms with van der Waals surface area (Å²) in [5.41, 5.74) is 4.35. The highest BCUT2D eigenvalue weighted by Gasteiger charge is 2.25. The number of fused-ring (bicyclic) bond motifs is 2. The summed E-state index contributed by atoms with van der Waals surface area (Å²) in [6, 6.07) is 15.4. The van der Waals surface area contributed by atoms with Crippen LogP contribution in [0.15, 0.2) is 60.9 Å². The van der Waals surface area contributed by atoms with E-state index in [1.54, 1.807) is 29.5 Å². The molecule has 1 saturated heterocycles. The van der Waals surface area contributed by atoms with Gasteiger partial charge in [-0.2, -0.15) is 5.10 Å². The van der Waals surface area contributed by atoms with Gasteiger partial charge in [0.2, 0.25) is 16.0 Å². The van der Waals surface area contributed by atoms with Crippen LogP contribution in [-0.2, 0) is 21.3 Å². The summed E-state index contributed by atoms with van der Waals surface area (Å²) >= 11 is 1.63. The van der Waals surface area contributed by atoms with Crippen LogP contribution < -0.4 is 14.9 Å². The van der Waals surface area contributed by atoms with Crippen LogP contribution in [0.4, 0.5) is 17.3 Å². The van der Waals surface area contributed by atoms with Crippen LogP contribution in [0.3, 0.4) is 0 Å². The number of nitrogens with zero attached hydrogens (tertiary/aromatic N) is 4. The molecule has 0 spiro atoms. The number of rotatable bonds is 7. The third kappa shape index (κ3) is 5.22. The van der Waals surface area contributed by atoms with Crippen molar-refractivity contribution >= 4 is 59.8 Å². The van der Waals surface area contributed by atoms with Crippen LogP contribution in [-0.4, -0.2) is 54.5 Å². The first-order chi connectivity index (χ1) is 17.9. The normalized spacial score (nSPS) is 16.4. The topological polar surface area (TPSA) is 125 Å². The molecule has 1 fully saturated rings. The monoisotopic (exact) mass is 535 g/mol. The van der Waals surface area contributed by atoms with Gasteiger partial charge >= 0.3 is 0 Å². The fraction of sp³-hybridized carbons (Fsp3) is 0.240. The molecule has 190 valence electrons. The number of aromatic nitrogens is 4. The lowest BCUT2D eigenvalue weighted by atomic mass is 10.0. The van der Waals surface area contributed by atoms with Crippen molar-refractivity contribution in [3.63, 3.8) is 0 Å². The summed E-state index contributed by atoms with van der Waals surface area (Å²) in [4.78, 5) is 12.8. The van der Waals surface area contributed by atoms with Crippen LogP contribution in [0.1, 0.15) is 16.5 Å². The maximum atomic E-state index is 11.5. The van der Waals surface area contributed by atoms with Gasteiger partial charge < -0.3 is 15.0 Å². The Morgan fingerprint density at radius 1 is 1.16 bits per heavy atom. The molecule has 1 aliphatic rings. The fourth-order valence-corrected chi connectivity index (χ4v) is 5.97. The average Bonchev–Trinajstić information content (AvgIpc) is 3.53. The third-order valence-corrected chi connectivity index (χ3v) is 7.82. The summed E-state index contributed by atoms with van der Waals surface area (Å²) < 4.78 is 32.6. The molecule has 0 amide bonds. The highest BCUT2D eigenvalue weighted by molar-refractivity contribution is 7.92. The van der Waals surface area contributed by atoms with Crippen LogP contribution in [0.5, 0.6) is 0 Å². The molecule has 4 heterocycles. The highest BCUT2D eigenvalue weighted by Crippen LogP contribution is 2.31. The van der Waals surface area contributed by atoms with E-state index in [0.717, 1.165) is 50.0 Å². The van der Waals surface area contributed by atoms with Gasteiger partial charge in [-0.05, 0) is 35.9 Å². The van der Waals surface area contributed by atoms with E-state index in [1.165, 1.54) is 0 Å². The molecule has 0 saturated carbocycles. The van der Waals surface area contributed by atoms with Gasteiger partial charge in [0, 0.05) is 29.0 Å². The Balaban J connectivity index is 1.16. The van der Waals surface area contributed by atoms with Crippen LogP contribution >= 0.6 is 11.3 Å². The molecule has 0 radical (unpaired) electrons. The van der Waals surface area contributed by atoms with Gasteiger partial charge in [-0.25, -0.2) is 18.4 Å².